The summed E-state index contributed by atoms with van der Waals surface area (Å²) in [5.41, 5.74) is 1.25. The highest BCUT2D eigenvalue weighted by atomic mass is 32.1. The molecule has 21 nitrogen and oxygen atoms in total. The van der Waals surface area contributed by atoms with E-state index in [0.717, 1.165) is 88.6 Å². The van der Waals surface area contributed by atoms with Crippen LogP contribution in [-0.2, 0) is 24.3 Å². The van der Waals surface area contributed by atoms with E-state index in [0.29, 0.717) is 78.8 Å². The van der Waals surface area contributed by atoms with Gasteiger partial charge >= 0.3 is 18.3 Å². The lowest BCUT2D eigenvalue weighted by molar-refractivity contribution is 0.0194. The van der Waals surface area contributed by atoms with Gasteiger partial charge in [0, 0.05) is 94.2 Å². The molecular weight excluding hydrogens is 1130 g/mol. The highest BCUT2D eigenvalue weighted by Gasteiger charge is 2.32. The summed E-state index contributed by atoms with van der Waals surface area (Å²) in [7, 11) is 0.750. The summed E-state index contributed by atoms with van der Waals surface area (Å²) < 4.78 is 31.6. The van der Waals surface area contributed by atoms with Crippen LogP contribution in [0.3, 0.4) is 0 Å². The smallest absolute Gasteiger partial charge is 0.410 e. The van der Waals surface area contributed by atoms with Gasteiger partial charge in [0.05, 0.1) is 47.7 Å². The molecule has 0 unspecified atom stereocenters. The Morgan fingerprint density at radius 2 is 1.14 bits per heavy atom. The van der Waals surface area contributed by atoms with Crippen LogP contribution < -0.4 is 5.32 Å². The first kappa shape index (κ1) is 66.0. The molecule has 1 aromatic carbocycles. The maximum atomic E-state index is 13.0. The fourth-order valence-corrected chi connectivity index (χ4v) is 11.8. The molecule has 1 N–H and O–H groups in total. The van der Waals surface area contributed by atoms with Crippen molar-refractivity contribution < 1.29 is 47.4 Å². The SMILES string of the molecule is C#Cc1cnc(C2CCN(C(=O)OC(C)(C)C)CC2)s1.CC(C)(C)OC(=O)N1CCC(c2ncc(C=O)s2)CC1.Cc1ccc(C(=O)Nc2cc(C(C)(C)C)on2)cc1-n1cc(-c2cnc(C3CCN(C(=O)OC(C)(C)C)CC3)s2)nn1.[BH2-]=O. The van der Waals surface area contributed by atoms with Crippen molar-refractivity contribution in [1.29, 1.82) is 0 Å². The van der Waals surface area contributed by atoms with Gasteiger partial charge in [0.1, 0.15) is 28.3 Å². The number of aryl methyl sites for hydroxylation is 1. The molecule has 25 heteroatoms. The first-order valence-corrected chi connectivity index (χ1v) is 30.5. The van der Waals surface area contributed by atoms with Gasteiger partial charge in [-0.2, -0.15) is 0 Å². The molecule has 84 heavy (non-hydrogen) atoms. The highest BCUT2D eigenvalue weighted by Crippen LogP contribution is 2.36. The quantitative estimate of drug-likeness (QED) is 0.0644. The average molecular weight is 1210 g/mol. The molecule has 0 spiro atoms. The summed E-state index contributed by atoms with van der Waals surface area (Å²) in [6.07, 6.45) is 17.7. The Hall–Kier alpha value is -7.17. The number of amides is 4. The highest BCUT2D eigenvalue weighted by molar-refractivity contribution is 7.15. The van der Waals surface area contributed by atoms with Crippen molar-refractivity contribution >= 4 is 78.0 Å². The number of hydrogen-bond acceptors (Lipinski definition) is 19. The monoisotopic (exact) mass is 1210 g/mol. The maximum absolute atomic E-state index is 13.0. The minimum absolute atomic E-state index is 0.212. The van der Waals surface area contributed by atoms with Crippen LogP contribution in [0.15, 0.2) is 53.6 Å². The first-order chi connectivity index (χ1) is 39.5. The van der Waals surface area contributed by atoms with E-state index >= 15 is 0 Å². The van der Waals surface area contributed by atoms with E-state index in [1.807, 2.05) is 108 Å². The van der Waals surface area contributed by atoms with Gasteiger partial charge in [0.2, 0.25) is 0 Å². The van der Waals surface area contributed by atoms with Crippen LogP contribution in [0.2, 0.25) is 0 Å². The Kier molecular flexibility index (Phi) is 22.5. The number of piperidine rings is 3. The van der Waals surface area contributed by atoms with Crippen molar-refractivity contribution in [2.24, 2.45) is 0 Å². The number of carbonyl (C=O) groups is 5. The molecule has 0 bridgehead atoms. The molecular formula is C59H79BN11O10S3-. The van der Waals surface area contributed by atoms with Gasteiger partial charge in [-0.25, -0.2) is 34.0 Å². The van der Waals surface area contributed by atoms with Crippen LogP contribution in [-0.4, -0.2) is 144 Å². The molecule has 8 heterocycles. The molecule has 3 aliphatic rings. The van der Waals surface area contributed by atoms with Crippen LogP contribution in [0.4, 0.5) is 20.2 Å². The molecule has 6 aromatic rings. The van der Waals surface area contributed by atoms with Crippen molar-refractivity contribution in [3.63, 3.8) is 0 Å². The number of rotatable bonds is 8. The Labute approximate surface area is 505 Å². The minimum atomic E-state index is -0.504. The summed E-state index contributed by atoms with van der Waals surface area (Å²) >= 11 is 4.62. The maximum Gasteiger partial charge on any atom is 0.410 e. The zero-order chi connectivity index (χ0) is 61.7. The number of aldehydes is 1. The predicted octanol–water partition coefficient (Wildman–Crippen LogP) is 11.6. The Bertz CT molecular complexity index is 3220. The third-order valence-corrected chi connectivity index (χ3v) is 16.6. The van der Waals surface area contributed by atoms with Crippen molar-refractivity contribution in [1.82, 2.24) is 49.8 Å². The van der Waals surface area contributed by atoms with E-state index < -0.39 is 16.8 Å². The third-order valence-electron chi connectivity index (χ3n) is 13.3. The van der Waals surface area contributed by atoms with Crippen LogP contribution >= 0.6 is 34.0 Å². The van der Waals surface area contributed by atoms with E-state index in [1.165, 1.54) is 11.3 Å². The van der Waals surface area contributed by atoms with Gasteiger partial charge in [-0.05, 0) is 125 Å². The number of terminal acetylenes is 1. The lowest BCUT2D eigenvalue weighted by Crippen LogP contribution is -2.41. The second-order valence-electron chi connectivity index (χ2n) is 24.5. The van der Waals surface area contributed by atoms with E-state index in [1.54, 1.807) is 72.6 Å². The molecule has 4 amide bonds. The van der Waals surface area contributed by atoms with E-state index in [4.69, 9.17) is 29.9 Å². The Morgan fingerprint density at radius 1 is 0.679 bits per heavy atom. The number of hydrogen-bond donors (Lipinski definition) is 1. The van der Waals surface area contributed by atoms with E-state index in [9.17, 15) is 24.0 Å². The van der Waals surface area contributed by atoms with Crippen molar-refractivity contribution in [3.05, 3.63) is 90.7 Å². The number of ether oxygens (including phenoxy) is 3. The molecule has 3 aliphatic heterocycles. The van der Waals surface area contributed by atoms with Gasteiger partial charge in [0.25, 0.3) is 5.91 Å². The molecule has 9 rings (SSSR count). The molecule has 3 saturated heterocycles. The van der Waals surface area contributed by atoms with Gasteiger partial charge in [0.15, 0.2) is 12.1 Å². The Balaban J connectivity index is 0.000000224. The van der Waals surface area contributed by atoms with Crippen LogP contribution in [0.5, 0.6) is 0 Å². The number of likely N-dealkylation sites (tertiary alicyclic amines) is 3. The zero-order valence-electron chi connectivity index (χ0n) is 50.8. The standard InChI is InChI=1S/C30H37N7O4S.C15H20N2O2S.C14H20N2O3S.BH2O/c1-18-8-9-20(26(38)32-25-15-24(41-34-25)29(2,3)4)14-22(18)37-17-21(33-35-37)23-16-31-27(42-23)19-10-12-36(13-11-19)28(39)40-30(5,6)7;1-5-12-10-16-13(20-12)11-6-8-17(9-7-11)14(18)19-15(2,3)4;1-14(2,3)19-13(18)16-6-4-10(5-7-16)12-15-8-11(9-17)20-12;1-2/h8-9,14-17,19H,10-13H2,1-7H3,(H,32,34,38);1,10-11H,6-9H2,2-4H3;8-10H,4-7H2,1-3H3;1H2/q;;;-1. The van der Waals surface area contributed by atoms with Crippen LogP contribution in [0.1, 0.15) is 191 Å². The molecule has 0 saturated carbocycles. The summed E-state index contributed by atoms with van der Waals surface area (Å²) in [6, 6.07) is 7.17. The molecule has 0 radical (unpaired) electrons. The molecule has 5 aromatic heterocycles. The van der Waals surface area contributed by atoms with Crippen molar-refractivity contribution in [2.45, 2.75) is 169 Å². The van der Waals surface area contributed by atoms with Crippen LogP contribution in [0.25, 0.3) is 16.3 Å². The molecule has 452 valence electrons. The lowest BCUT2D eigenvalue weighted by Gasteiger charge is -2.32. The molecule has 3 fully saturated rings. The fourth-order valence-electron chi connectivity index (χ4n) is 8.96. The zero-order valence-corrected chi connectivity index (χ0v) is 53.2. The van der Waals surface area contributed by atoms with Crippen LogP contribution in [0, 0.1) is 19.3 Å². The van der Waals surface area contributed by atoms with E-state index in [-0.39, 0.29) is 35.5 Å². The minimum Gasteiger partial charge on any atom is -0.645 e. The Morgan fingerprint density at radius 3 is 1.57 bits per heavy atom. The number of carbonyl (C=O) groups excluding carboxylic acids is 5. The molecule has 0 atom stereocenters. The summed E-state index contributed by atoms with van der Waals surface area (Å²) in [6.45, 7) is 29.0. The number of nitrogens with zero attached hydrogens (tertiary/aromatic N) is 10. The topological polar surface area (TPSA) is 247 Å². The van der Waals surface area contributed by atoms with E-state index in [2.05, 4.69) is 41.7 Å². The summed E-state index contributed by atoms with van der Waals surface area (Å²) in [4.78, 5) is 81.1. The average Bonchev–Trinajstić information content (AvgIpc) is 4.51. The fraction of sp³-hybridized carbons (Fsp3) is 0.542. The lowest BCUT2D eigenvalue weighted by atomic mass is 9.93. The number of aromatic nitrogens is 7. The second kappa shape index (κ2) is 28.6. The number of thiazole rings is 3. The van der Waals surface area contributed by atoms with Gasteiger partial charge in [-0.3, -0.25) is 9.59 Å². The normalized spacial score (nSPS) is 15.5. The first-order valence-electron chi connectivity index (χ1n) is 28.0. The second-order valence-corrected chi connectivity index (χ2v) is 27.8. The van der Waals surface area contributed by atoms with Gasteiger partial charge in [-0.15, -0.1) is 45.5 Å². The number of benzene rings is 1. The predicted molar refractivity (Wildman–Crippen MR) is 326 cm³/mol. The summed E-state index contributed by atoms with van der Waals surface area (Å²) in [5, 5.41) is 18.6. The number of nitrogens with one attached hydrogen (secondary N) is 1. The van der Waals surface area contributed by atoms with Gasteiger partial charge in [-0.1, -0.05) is 43.1 Å². The summed E-state index contributed by atoms with van der Waals surface area (Å²) in [5.74, 6) is 4.39. The van der Waals surface area contributed by atoms with Crippen molar-refractivity contribution in [3.8, 4) is 28.6 Å². The largest absolute Gasteiger partial charge is 0.645 e. The molecule has 0 aliphatic carbocycles. The number of anilines is 1. The third kappa shape index (κ3) is 19.2. The van der Waals surface area contributed by atoms with Gasteiger partial charge < -0.3 is 43.5 Å². The van der Waals surface area contributed by atoms with Crippen molar-refractivity contribution in [2.75, 3.05) is 44.6 Å².